The van der Waals surface area contributed by atoms with Crippen molar-refractivity contribution in [2.24, 2.45) is 0 Å². The second-order valence-corrected chi connectivity index (χ2v) is 9.55. The van der Waals surface area contributed by atoms with Crippen LogP contribution in [0, 0.1) is 6.92 Å². The number of rotatable bonds is 5. The molecular weight excluding hydrogens is 474 g/mol. The number of fused-ring (bicyclic) bond motifs is 1. The fourth-order valence-electron chi connectivity index (χ4n) is 4.94. The molecule has 0 atom stereocenters. The highest BCUT2D eigenvalue weighted by Crippen LogP contribution is 2.27. The fourth-order valence-corrected chi connectivity index (χ4v) is 4.94. The predicted octanol–water partition coefficient (Wildman–Crippen LogP) is 5.37. The second-order valence-electron chi connectivity index (χ2n) is 9.55. The Bertz CT molecular complexity index is 1600. The third kappa shape index (κ3) is 4.59. The number of hydrogen-bond donors (Lipinski definition) is 0. The minimum atomic E-state index is -0.0534. The van der Waals surface area contributed by atoms with Crippen molar-refractivity contribution >= 4 is 22.5 Å². The summed E-state index contributed by atoms with van der Waals surface area (Å²) in [4.78, 5) is 27.1. The molecule has 3 heterocycles. The van der Waals surface area contributed by atoms with Gasteiger partial charge in [-0.2, -0.15) is 0 Å². The van der Waals surface area contributed by atoms with Crippen LogP contribution in [0.1, 0.15) is 16.1 Å². The predicted molar refractivity (Wildman–Crippen MR) is 150 cm³/mol. The minimum Gasteiger partial charge on any atom is -0.497 e. The van der Waals surface area contributed by atoms with E-state index in [-0.39, 0.29) is 5.91 Å². The summed E-state index contributed by atoms with van der Waals surface area (Å²) >= 11 is 0. The number of anilines is 1. The zero-order valence-electron chi connectivity index (χ0n) is 21.5. The summed E-state index contributed by atoms with van der Waals surface area (Å²) in [7, 11) is 1.65. The minimum absolute atomic E-state index is 0.0534. The number of hydrogen-bond acceptors (Lipinski definition) is 5. The first kappa shape index (κ1) is 23.7. The quantitative estimate of drug-likeness (QED) is 0.323. The molecular formula is C31H29N5O2. The summed E-state index contributed by atoms with van der Waals surface area (Å²) in [5.74, 6) is 1.42. The smallest absolute Gasteiger partial charge is 0.274 e. The van der Waals surface area contributed by atoms with Crippen LogP contribution in [0.5, 0.6) is 5.75 Å². The molecule has 1 aliphatic heterocycles. The summed E-state index contributed by atoms with van der Waals surface area (Å²) in [6.45, 7) is 4.85. The number of carbonyl (C=O) groups is 1. The largest absolute Gasteiger partial charge is 0.497 e. The zero-order valence-corrected chi connectivity index (χ0v) is 21.5. The van der Waals surface area contributed by atoms with Crippen LogP contribution >= 0.6 is 0 Å². The van der Waals surface area contributed by atoms with Gasteiger partial charge in [-0.25, -0.2) is 4.98 Å². The molecule has 2 aromatic heterocycles. The number of imidazole rings is 1. The molecule has 1 amide bonds. The van der Waals surface area contributed by atoms with Crippen LogP contribution in [0.2, 0.25) is 0 Å². The Kier molecular flexibility index (Phi) is 6.25. The molecule has 190 valence electrons. The third-order valence-corrected chi connectivity index (χ3v) is 7.08. The number of aryl methyl sites for hydroxylation is 1. The first-order valence-electron chi connectivity index (χ1n) is 12.8. The average Bonchev–Trinajstić information content (AvgIpc) is 3.42. The van der Waals surface area contributed by atoms with Crippen LogP contribution in [0.25, 0.3) is 28.0 Å². The van der Waals surface area contributed by atoms with Gasteiger partial charge >= 0.3 is 0 Å². The maximum absolute atomic E-state index is 13.6. The number of methoxy groups -OCH3 is 1. The lowest BCUT2D eigenvalue weighted by molar-refractivity contribution is 0.0741. The summed E-state index contributed by atoms with van der Waals surface area (Å²) in [6.07, 6.45) is 3.65. The molecule has 3 aromatic carbocycles. The van der Waals surface area contributed by atoms with E-state index < -0.39 is 0 Å². The van der Waals surface area contributed by atoms with E-state index in [0.29, 0.717) is 18.8 Å². The molecule has 7 nitrogen and oxygen atoms in total. The number of carbonyl (C=O) groups excluding carboxylic acids is 1. The SMILES string of the molecule is COc1cccc(-n2cc(C(=O)N3CCN(c4ccc5ncccc5c4)CC3)nc2-c2ccc(C)cc2)c1. The number of piperazine rings is 1. The molecule has 1 fully saturated rings. The van der Waals surface area contributed by atoms with Crippen molar-refractivity contribution in [1.82, 2.24) is 19.4 Å². The summed E-state index contributed by atoms with van der Waals surface area (Å²) in [5.41, 5.74) is 5.59. The molecule has 1 saturated heterocycles. The number of aromatic nitrogens is 3. The maximum Gasteiger partial charge on any atom is 0.274 e. The van der Waals surface area contributed by atoms with E-state index in [9.17, 15) is 4.79 Å². The van der Waals surface area contributed by atoms with Gasteiger partial charge in [-0.1, -0.05) is 42.0 Å². The lowest BCUT2D eigenvalue weighted by Gasteiger charge is -2.36. The van der Waals surface area contributed by atoms with E-state index in [0.717, 1.165) is 52.5 Å². The van der Waals surface area contributed by atoms with Gasteiger partial charge in [0.05, 0.1) is 18.3 Å². The first-order valence-corrected chi connectivity index (χ1v) is 12.8. The molecule has 0 bridgehead atoms. The molecule has 0 unspecified atom stereocenters. The molecule has 0 N–H and O–H groups in total. The molecule has 5 aromatic rings. The van der Waals surface area contributed by atoms with Gasteiger partial charge in [-0.3, -0.25) is 14.3 Å². The lowest BCUT2D eigenvalue weighted by atomic mass is 10.1. The molecule has 0 saturated carbocycles. The van der Waals surface area contributed by atoms with Crippen molar-refractivity contribution in [3.63, 3.8) is 0 Å². The van der Waals surface area contributed by atoms with Gasteiger partial charge in [0.1, 0.15) is 17.3 Å². The van der Waals surface area contributed by atoms with E-state index in [1.165, 1.54) is 5.56 Å². The Labute approximate surface area is 221 Å². The molecule has 0 spiro atoms. The maximum atomic E-state index is 13.6. The van der Waals surface area contributed by atoms with Gasteiger partial charge in [-0.15, -0.1) is 0 Å². The van der Waals surface area contributed by atoms with E-state index in [4.69, 9.17) is 9.72 Å². The van der Waals surface area contributed by atoms with Crippen molar-refractivity contribution in [3.05, 3.63) is 103 Å². The van der Waals surface area contributed by atoms with E-state index in [1.807, 2.05) is 64.3 Å². The van der Waals surface area contributed by atoms with Gasteiger partial charge in [0.2, 0.25) is 0 Å². The van der Waals surface area contributed by atoms with Gasteiger partial charge < -0.3 is 14.5 Å². The number of nitrogens with zero attached hydrogens (tertiary/aromatic N) is 5. The summed E-state index contributed by atoms with van der Waals surface area (Å²) in [5, 5.41) is 1.12. The number of benzene rings is 3. The lowest BCUT2D eigenvalue weighted by Crippen LogP contribution is -2.48. The van der Waals surface area contributed by atoms with Crippen LogP contribution in [-0.4, -0.2) is 58.6 Å². The van der Waals surface area contributed by atoms with Gasteiger partial charge in [0.15, 0.2) is 0 Å². The first-order chi connectivity index (χ1) is 18.6. The molecule has 0 radical (unpaired) electrons. The highest BCUT2D eigenvalue weighted by atomic mass is 16.5. The number of amides is 1. The van der Waals surface area contributed by atoms with Crippen LogP contribution in [0.15, 0.2) is 91.3 Å². The molecule has 6 rings (SSSR count). The van der Waals surface area contributed by atoms with Crippen LogP contribution in [-0.2, 0) is 0 Å². The Morgan fingerprint density at radius 3 is 2.47 bits per heavy atom. The van der Waals surface area contributed by atoms with Crippen molar-refractivity contribution < 1.29 is 9.53 Å². The monoisotopic (exact) mass is 503 g/mol. The van der Waals surface area contributed by atoms with E-state index in [1.54, 1.807) is 7.11 Å². The second kappa shape index (κ2) is 10.0. The average molecular weight is 504 g/mol. The van der Waals surface area contributed by atoms with Crippen molar-refractivity contribution in [3.8, 4) is 22.8 Å². The highest BCUT2D eigenvalue weighted by Gasteiger charge is 2.26. The van der Waals surface area contributed by atoms with Crippen molar-refractivity contribution in [1.29, 1.82) is 0 Å². The Balaban J connectivity index is 1.25. The Morgan fingerprint density at radius 2 is 1.68 bits per heavy atom. The van der Waals surface area contributed by atoms with E-state index >= 15 is 0 Å². The Morgan fingerprint density at radius 1 is 0.868 bits per heavy atom. The van der Waals surface area contributed by atoms with Crippen LogP contribution in [0.4, 0.5) is 5.69 Å². The summed E-state index contributed by atoms with van der Waals surface area (Å²) < 4.78 is 7.41. The van der Waals surface area contributed by atoms with Gasteiger partial charge in [-0.05, 0) is 43.3 Å². The van der Waals surface area contributed by atoms with Crippen LogP contribution in [0.3, 0.4) is 0 Å². The number of ether oxygens (including phenoxy) is 1. The third-order valence-electron chi connectivity index (χ3n) is 7.08. The van der Waals surface area contributed by atoms with Crippen molar-refractivity contribution in [2.45, 2.75) is 6.92 Å². The number of pyridine rings is 1. The van der Waals surface area contributed by atoms with Gasteiger partial charge in [0, 0.05) is 61.3 Å². The molecule has 0 aliphatic carbocycles. The normalized spacial score (nSPS) is 13.6. The van der Waals surface area contributed by atoms with Gasteiger partial charge in [0.25, 0.3) is 5.91 Å². The Hall–Kier alpha value is -4.65. The van der Waals surface area contributed by atoms with Crippen LogP contribution < -0.4 is 9.64 Å². The summed E-state index contributed by atoms with van der Waals surface area (Å²) in [6, 6.07) is 26.4. The zero-order chi connectivity index (χ0) is 26.1. The fraction of sp³-hybridized carbons (Fsp3) is 0.194. The van der Waals surface area contributed by atoms with Crippen molar-refractivity contribution in [2.75, 3.05) is 38.2 Å². The molecule has 38 heavy (non-hydrogen) atoms. The molecule has 1 aliphatic rings. The topological polar surface area (TPSA) is 63.5 Å². The standard InChI is InChI=1S/C31H29N5O2/c1-22-8-10-23(11-9-22)30-33-29(21-36(30)26-6-3-7-27(20-26)38-2)31(37)35-17-15-34(16-18-35)25-12-13-28-24(19-25)5-4-14-32-28/h3-14,19-21H,15-18H2,1-2H3. The highest BCUT2D eigenvalue weighted by molar-refractivity contribution is 5.93. The van der Waals surface area contributed by atoms with E-state index in [2.05, 4.69) is 53.2 Å². The molecule has 7 heteroatoms.